The monoisotopic (exact) mass is 542 g/mol. The van der Waals surface area contributed by atoms with Crippen molar-refractivity contribution in [1.82, 2.24) is 0 Å². The fourth-order valence-corrected chi connectivity index (χ4v) is 3.80. The second kappa shape index (κ2) is 10.5. The molecule has 0 atom stereocenters. The number of amides is 1. The minimum Gasteiger partial charge on any atom is -0.488 e. The van der Waals surface area contributed by atoms with Crippen molar-refractivity contribution in [2.75, 3.05) is 5.32 Å². The number of hydrogen-bond acceptors (Lipinski definition) is 3. The molecule has 3 rings (SSSR count). The largest absolute Gasteiger partial charge is 0.488 e. The summed E-state index contributed by atoms with van der Waals surface area (Å²) in [5, 5.41) is 12.8. The predicted molar refractivity (Wildman–Crippen MR) is 133 cm³/mol. The van der Waals surface area contributed by atoms with Crippen LogP contribution in [0.25, 0.3) is 6.08 Å². The molecular weight excluding hydrogens is 523 g/mol. The van der Waals surface area contributed by atoms with Crippen LogP contribution < -0.4 is 10.1 Å². The molecule has 0 saturated heterocycles. The summed E-state index contributed by atoms with van der Waals surface area (Å²) in [6.07, 6.45) is 1.56. The van der Waals surface area contributed by atoms with Crippen molar-refractivity contribution in [3.63, 3.8) is 0 Å². The molecule has 4 nitrogen and oxygen atoms in total. The van der Waals surface area contributed by atoms with E-state index in [1.807, 2.05) is 56.3 Å². The number of nitriles is 1. The lowest BCUT2D eigenvalue weighted by molar-refractivity contribution is -0.112. The minimum absolute atomic E-state index is 0.00334. The molecule has 0 aliphatic rings. The maximum absolute atomic E-state index is 12.6. The number of hydrogen-bond donors (Lipinski definition) is 1. The fourth-order valence-electron chi connectivity index (χ4n) is 2.93. The Morgan fingerprint density at radius 3 is 2.65 bits per heavy atom. The highest BCUT2D eigenvalue weighted by atomic mass is 127. The van der Waals surface area contributed by atoms with Crippen LogP contribution in [0.15, 0.2) is 66.2 Å². The number of ether oxygens (including phenoxy) is 1. The van der Waals surface area contributed by atoms with Crippen molar-refractivity contribution < 1.29 is 9.53 Å². The van der Waals surface area contributed by atoms with Crippen molar-refractivity contribution in [3.8, 4) is 11.8 Å². The Morgan fingerprint density at radius 2 is 1.94 bits per heavy atom. The molecule has 0 aromatic heterocycles. The Bertz CT molecular complexity index is 1200. The maximum Gasteiger partial charge on any atom is 0.266 e. The highest BCUT2D eigenvalue weighted by molar-refractivity contribution is 14.1. The molecule has 0 bridgehead atoms. The van der Waals surface area contributed by atoms with Gasteiger partial charge in [0.25, 0.3) is 5.91 Å². The van der Waals surface area contributed by atoms with E-state index in [2.05, 4.69) is 34.0 Å². The summed E-state index contributed by atoms with van der Waals surface area (Å²) in [4.78, 5) is 12.6. The van der Waals surface area contributed by atoms with Gasteiger partial charge in [0.2, 0.25) is 0 Å². The normalized spacial score (nSPS) is 11.0. The molecule has 1 amide bonds. The van der Waals surface area contributed by atoms with Crippen molar-refractivity contribution in [2.24, 2.45) is 0 Å². The average molecular weight is 543 g/mol. The molecule has 0 heterocycles. The zero-order chi connectivity index (χ0) is 22.4. The number of rotatable bonds is 6. The van der Waals surface area contributed by atoms with Gasteiger partial charge < -0.3 is 10.1 Å². The lowest BCUT2D eigenvalue weighted by Crippen LogP contribution is -2.14. The molecular formula is C25H20ClIN2O2. The molecule has 156 valence electrons. The van der Waals surface area contributed by atoms with E-state index in [0.717, 1.165) is 26.0 Å². The molecule has 0 aliphatic carbocycles. The van der Waals surface area contributed by atoms with E-state index in [1.165, 1.54) is 5.56 Å². The molecule has 0 spiro atoms. The van der Waals surface area contributed by atoms with E-state index >= 15 is 0 Å². The van der Waals surface area contributed by atoms with Gasteiger partial charge in [0, 0.05) is 10.7 Å². The van der Waals surface area contributed by atoms with Crippen LogP contribution in [-0.2, 0) is 11.4 Å². The smallest absolute Gasteiger partial charge is 0.266 e. The van der Waals surface area contributed by atoms with E-state index in [4.69, 9.17) is 16.3 Å². The third-order valence-electron chi connectivity index (χ3n) is 4.62. The molecule has 31 heavy (non-hydrogen) atoms. The van der Waals surface area contributed by atoms with Gasteiger partial charge in [-0.3, -0.25) is 4.79 Å². The number of anilines is 1. The Balaban J connectivity index is 1.73. The molecule has 6 heteroatoms. The molecule has 0 fully saturated rings. The summed E-state index contributed by atoms with van der Waals surface area (Å²) in [7, 11) is 0. The number of carbonyl (C=O) groups is 1. The zero-order valence-corrected chi connectivity index (χ0v) is 20.0. The second-order valence-corrected chi connectivity index (χ2v) is 8.57. The van der Waals surface area contributed by atoms with Gasteiger partial charge in [0.05, 0.1) is 3.57 Å². The Morgan fingerprint density at radius 1 is 1.16 bits per heavy atom. The Hall–Kier alpha value is -2.82. The fraction of sp³-hybridized carbons (Fsp3) is 0.120. The molecule has 0 unspecified atom stereocenters. The number of aryl methyl sites for hydroxylation is 1. The zero-order valence-electron chi connectivity index (χ0n) is 17.1. The van der Waals surface area contributed by atoms with Crippen LogP contribution in [0, 0.1) is 28.7 Å². The van der Waals surface area contributed by atoms with Crippen LogP contribution >= 0.6 is 34.2 Å². The summed E-state index contributed by atoms with van der Waals surface area (Å²) >= 11 is 8.29. The molecule has 3 aromatic rings. The van der Waals surface area contributed by atoms with Crippen LogP contribution in [0.5, 0.6) is 5.75 Å². The first-order chi connectivity index (χ1) is 14.9. The van der Waals surface area contributed by atoms with E-state index in [9.17, 15) is 10.1 Å². The summed E-state index contributed by atoms with van der Waals surface area (Å²) in [5.41, 5.74) is 4.35. The molecule has 0 saturated carbocycles. The number of nitrogens with zero attached hydrogens (tertiary/aromatic N) is 1. The van der Waals surface area contributed by atoms with Gasteiger partial charge in [0.1, 0.15) is 24.0 Å². The second-order valence-electron chi connectivity index (χ2n) is 7.00. The van der Waals surface area contributed by atoms with Gasteiger partial charge in [-0.15, -0.1) is 0 Å². The lowest BCUT2D eigenvalue weighted by atomic mass is 10.1. The predicted octanol–water partition coefficient (Wildman–Crippen LogP) is 6.69. The van der Waals surface area contributed by atoms with Gasteiger partial charge in [0.15, 0.2) is 0 Å². The average Bonchev–Trinajstić information content (AvgIpc) is 2.74. The number of halogens is 2. The molecule has 3 aromatic carbocycles. The SMILES string of the molecule is Cc1cccc(COc2ccc(/C=C(/C#N)C(=O)Nc3cccc(Cl)c3C)cc2I)c1. The highest BCUT2D eigenvalue weighted by Crippen LogP contribution is 2.26. The summed E-state index contributed by atoms with van der Waals surface area (Å²) in [5.74, 6) is 0.263. The lowest BCUT2D eigenvalue weighted by Gasteiger charge is -2.10. The molecule has 0 radical (unpaired) electrons. The first-order valence-corrected chi connectivity index (χ1v) is 11.0. The van der Waals surface area contributed by atoms with Crippen molar-refractivity contribution in [1.29, 1.82) is 5.26 Å². The van der Waals surface area contributed by atoms with Crippen LogP contribution in [0.1, 0.15) is 22.3 Å². The number of benzene rings is 3. The van der Waals surface area contributed by atoms with E-state index in [1.54, 1.807) is 24.3 Å². The third-order valence-corrected chi connectivity index (χ3v) is 5.88. The maximum atomic E-state index is 12.6. The van der Waals surface area contributed by atoms with Crippen molar-refractivity contribution >= 4 is 51.9 Å². The number of carbonyl (C=O) groups excluding carboxylic acids is 1. The first kappa shape index (κ1) is 22.9. The van der Waals surface area contributed by atoms with Crippen molar-refractivity contribution in [2.45, 2.75) is 20.5 Å². The molecule has 1 N–H and O–H groups in total. The van der Waals surface area contributed by atoms with Crippen LogP contribution in [0.4, 0.5) is 5.69 Å². The van der Waals surface area contributed by atoms with E-state index in [0.29, 0.717) is 17.3 Å². The molecule has 0 aliphatic heterocycles. The highest BCUT2D eigenvalue weighted by Gasteiger charge is 2.12. The van der Waals surface area contributed by atoms with Crippen LogP contribution in [-0.4, -0.2) is 5.91 Å². The number of nitrogens with one attached hydrogen (secondary N) is 1. The minimum atomic E-state index is -0.484. The van der Waals surface area contributed by atoms with Crippen LogP contribution in [0.2, 0.25) is 5.02 Å². The van der Waals surface area contributed by atoms with Gasteiger partial charge in [-0.25, -0.2) is 0 Å². The summed E-state index contributed by atoms with van der Waals surface area (Å²) in [6, 6.07) is 20.9. The standard InChI is InChI=1S/C25H20ClIN2O2/c1-16-5-3-6-19(11-16)15-31-24-10-9-18(13-22(24)27)12-20(14-28)25(30)29-23-8-4-7-21(26)17(23)2/h3-13H,15H2,1-2H3,(H,29,30)/b20-12-. The van der Waals surface area contributed by atoms with E-state index in [-0.39, 0.29) is 5.57 Å². The van der Waals surface area contributed by atoms with Gasteiger partial charge in [-0.1, -0.05) is 53.6 Å². The van der Waals surface area contributed by atoms with Gasteiger partial charge in [-0.2, -0.15) is 5.26 Å². The van der Waals surface area contributed by atoms with Gasteiger partial charge >= 0.3 is 0 Å². The Kier molecular flexibility index (Phi) is 7.72. The van der Waals surface area contributed by atoms with Gasteiger partial charge in [-0.05, 0) is 83.5 Å². The van der Waals surface area contributed by atoms with E-state index < -0.39 is 5.91 Å². The quantitative estimate of drug-likeness (QED) is 0.215. The van der Waals surface area contributed by atoms with Crippen LogP contribution in [0.3, 0.4) is 0 Å². The third kappa shape index (κ3) is 6.09. The topological polar surface area (TPSA) is 62.1 Å². The summed E-state index contributed by atoms with van der Waals surface area (Å²) in [6.45, 7) is 4.33. The summed E-state index contributed by atoms with van der Waals surface area (Å²) < 4.78 is 6.82. The Labute approximate surface area is 200 Å². The van der Waals surface area contributed by atoms with Crippen molar-refractivity contribution in [3.05, 3.63) is 97.1 Å². The first-order valence-electron chi connectivity index (χ1n) is 9.53.